The Balaban J connectivity index is 2.04. The van der Waals surface area contributed by atoms with Gasteiger partial charge in [0, 0.05) is 25.6 Å². The van der Waals surface area contributed by atoms with Crippen molar-refractivity contribution in [2.75, 3.05) is 19.6 Å². The standard InChI is InChI=1S/C20H25N3O2/c1-4-19(24)22-12-10-18(11-13-22)20(25)23(5-2)15(3)17-8-6-16(14-21)7-9-17/h4,6-9,15,18H,1,5,10-13H2,2-3H3. The molecule has 0 aromatic heterocycles. The van der Waals surface area contributed by atoms with Gasteiger partial charge in [0.25, 0.3) is 0 Å². The van der Waals surface area contributed by atoms with Gasteiger partial charge in [-0.25, -0.2) is 0 Å². The number of rotatable bonds is 5. The normalized spacial score (nSPS) is 16.0. The molecule has 0 spiro atoms. The lowest BCUT2D eigenvalue weighted by molar-refractivity contribution is -0.141. The van der Waals surface area contributed by atoms with Crippen molar-refractivity contribution < 1.29 is 9.59 Å². The summed E-state index contributed by atoms with van der Waals surface area (Å²) in [5.74, 6) is 0.0314. The molecule has 2 rings (SSSR count). The molecule has 0 radical (unpaired) electrons. The molecule has 1 aromatic rings. The summed E-state index contributed by atoms with van der Waals surface area (Å²) in [7, 11) is 0. The predicted octanol–water partition coefficient (Wildman–Crippen LogP) is 2.89. The summed E-state index contributed by atoms with van der Waals surface area (Å²) in [6.07, 6.45) is 2.71. The van der Waals surface area contributed by atoms with Crippen LogP contribution in [0.15, 0.2) is 36.9 Å². The number of likely N-dealkylation sites (tertiary alicyclic amines) is 1. The van der Waals surface area contributed by atoms with Crippen LogP contribution in [0.2, 0.25) is 0 Å². The number of piperidine rings is 1. The SMILES string of the molecule is C=CC(=O)N1CCC(C(=O)N(CC)C(C)c2ccc(C#N)cc2)CC1. The lowest BCUT2D eigenvalue weighted by Crippen LogP contribution is -2.44. The van der Waals surface area contributed by atoms with Crippen molar-refractivity contribution >= 4 is 11.8 Å². The summed E-state index contributed by atoms with van der Waals surface area (Å²) in [5, 5.41) is 8.91. The number of carbonyl (C=O) groups excluding carboxylic acids is 2. The zero-order valence-corrected chi connectivity index (χ0v) is 14.9. The van der Waals surface area contributed by atoms with E-state index in [1.807, 2.05) is 30.9 Å². The van der Waals surface area contributed by atoms with Gasteiger partial charge in [-0.2, -0.15) is 5.26 Å². The van der Waals surface area contributed by atoms with E-state index in [1.54, 1.807) is 17.0 Å². The first-order valence-corrected chi connectivity index (χ1v) is 8.73. The second-order valence-electron chi connectivity index (χ2n) is 6.34. The van der Waals surface area contributed by atoms with Crippen molar-refractivity contribution in [3.05, 3.63) is 48.0 Å². The highest BCUT2D eigenvalue weighted by molar-refractivity contribution is 5.87. The minimum Gasteiger partial charge on any atom is -0.339 e. The average molecular weight is 339 g/mol. The smallest absolute Gasteiger partial charge is 0.245 e. The third-order valence-corrected chi connectivity index (χ3v) is 4.94. The molecule has 0 bridgehead atoms. The number of carbonyl (C=O) groups is 2. The van der Waals surface area contributed by atoms with E-state index in [-0.39, 0.29) is 23.8 Å². The Kier molecular flexibility index (Phi) is 6.35. The highest BCUT2D eigenvalue weighted by atomic mass is 16.2. The maximum Gasteiger partial charge on any atom is 0.245 e. The lowest BCUT2D eigenvalue weighted by atomic mass is 9.93. The zero-order valence-electron chi connectivity index (χ0n) is 14.9. The molecule has 1 aromatic carbocycles. The fourth-order valence-corrected chi connectivity index (χ4v) is 3.35. The Morgan fingerprint density at radius 1 is 1.36 bits per heavy atom. The third-order valence-electron chi connectivity index (χ3n) is 4.94. The van der Waals surface area contributed by atoms with Gasteiger partial charge in [-0.3, -0.25) is 9.59 Å². The van der Waals surface area contributed by atoms with Gasteiger partial charge in [-0.15, -0.1) is 0 Å². The third kappa shape index (κ3) is 4.27. The topological polar surface area (TPSA) is 64.4 Å². The summed E-state index contributed by atoms with van der Waals surface area (Å²) >= 11 is 0. The summed E-state index contributed by atoms with van der Waals surface area (Å²) in [6.45, 7) is 9.34. The Morgan fingerprint density at radius 2 is 1.96 bits per heavy atom. The highest BCUT2D eigenvalue weighted by Crippen LogP contribution is 2.26. The van der Waals surface area contributed by atoms with E-state index in [4.69, 9.17) is 5.26 Å². The van der Waals surface area contributed by atoms with Crippen LogP contribution < -0.4 is 0 Å². The molecule has 25 heavy (non-hydrogen) atoms. The summed E-state index contributed by atoms with van der Waals surface area (Å²) in [4.78, 5) is 28.3. The predicted molar refractivity (Wildman–Crippen MR) is 96.5 cm³/mol. The van der Waals surface area contributed by atoms with E-state index < -0.39 is 0 Å². The fraction of sp³-hybridized carbons (Fsp3) is 0.450. The number of nitrogens with zero attached hydrogens (tertiary/aromatic N) is 3. The zero-order chi connectivity index (χ0) is 18.4. The molecule has 1 aliphatic heterocycles. The van der Waals surface area contributed by atoms with Crippen LogP contribution in [0.25, 0.3) is 0 Å². The monoisotopic (exact) mass is 339 g/mol. The van der Waals surface area contributed by atoms with Gasteiger partial charge < -0.3 is 9.80 Å². The van der Waals surface area contributed by atoms with Crippen LogP contribution in [-0.4, -0.2) is 41.2 Å². The Labute approximate surface area is 149 Å². The first kappa shape index (κ1) is 18.7. The van der Waals surface area contributed by atoms with Crippen molar-refractivity contribution in [1.29, 1.82) is 5.26 Å². The van der Waals surface area contributed by atoms with E-state index in [2.05, 4.69) is 12.6 Å². The fourth-order valence-electron chi connectivity index (χ4n) is 3.35. The molecule has 132 valence electrons. The maximum atomic E-state index is 13.0. The number of nitriles is 1. The highest BCUT2D eigenvalue weighted by Gasteiger charge is 2.31. The van der Waals surface area contributed by atoms with Gasteiger partial charge in [0.15, 0.2) is 0 Å². The quantitative estimate of drug-likeness (QED) is 0.775. The molecule has 2 amide bonds. The molecule has 5 heteroatoms. The number of hydrogen-bond donors (Lipinski definition) is 0. The van der Waals surface area contributed by atoms with E-state index in [9.17, 15) is 9.59 Å². The van der Waals surface area contributed by atoms with Crippen molar-refractivity contribution in [1.82, 2.24) is 9.80 Å². The van der Waals surface area contributed by atoms with Gasteiger partial charge in [-0.05, 0) is 50.5 Å². The molecular weight excluding hydrogens is 314 g/mol. The van der Waals surface area contributed by atoms with Crippen molar-refractivity contribution in [3.8, 4) is 6.07 Å². The molecule has 1 heterocycles. The number of hydrogen-bond acceptors (Lipinski definition) is 3. The molecule has 1 unspecified atom stereocenters. The summed E-state index contributed by atoms with van der Waals surface area (Å²) < 4.78 is 0. The van der Waals surface area contributed by atoms with E-state index in [1.165, 1.54) is 6.08 Å². The molecule has 0 saturated carbocycles. The minimum absolute atomic E-state index is 0.0434. The van der Waals surface area contributed by atoms with Crippen molar-refractivity contribution in [2.45, 2.75) is 32.7 Å². The molecule has 0 N–H and O–H groups in total. The Morgan fingerprint density at radius 3 is 2.44 bits per heavy atom. The first-order chi connectivity index (χ1) is 12.0. The van der Waals surface area contributed by atoms with Crippen LogP contribution in [0, 0.1) is 17.2 Å². The van der Waals surface area contributed by atoms with E-state index in [0.29, 0.717) is 38.0 Å². The van der Waals surface area contributed by atoms with Crippen LogP contribution in [0.5, 0.6) is 0 Å². The second-order valence-corrected chi connectivity index (χ2v) is 6.34. The van der Waals surface area contributed by atoms with Gasteiger partial charge in [0.2, 0.25) is 11.8 Å². The van der Waals surface area contributed by atoms with E-state index in [0.717, 1.165) is 5.56 Å². The molecule has 1 atom stereocenters. The van der Waals surface area contributed by atoms with Gasteiger partial charge >= 0.3 is 0 Å². The molecule has 1 saturated heterocycles. The first-order valence-electron chi connectivity index (χ1n) is 8.73. The largest absolute Gasteiger partial charge is 0.339 e. The van der Waals surface area contributed by atoms with Crippen LogP contribution in [0.1, 0.15) is 43.9 Å². The lowest BCUT2D eigenvalue weighted by Gasteiger charge is -2.36. The maximum absolute atomic E-state index is 13.0. The summed E-state index contributed by atoms with van der Waals surface area (Å²) in [5.41, 5.74) is 1.64. The van der Waals surface area contributed by atoms with Crippen LogP contribution in [0.3, 0.4) is 0 Å². The van der Waals surface area contributed by atoms with Crippen LogP contribution in [-0.2, 0) is 9.59 Å². The van der Waals surface area contributed by atoms with Crippen molar-refractivity contribution in [3.63, 3.8) is 0 Å². The number of amides is 2. The van der Waals surface area contributed by atoms with Gasteiger partial charge in [-0.1, -0.05) is 18.7 Å². The van der Waals surface area contributed by atoms with E-state index >= 15 is 0 Å². The Bertz CT molecular complexity index is 667. The average Bonchev–Trinajstić information content (AvgIpc) is 2.67. The Hall–Kier alpha value is -2.61. The second kappa shape index (κ2) is 8.48. The minimum atomic E-state index is -0.0656. The van der Waals surface area contributed by atoms with Crippen molar-refractivity contribution in [2.24, 2.45) is 5.92 Å². The van der Waals surface area contributed by atoms with Crippen LogP contribution >= 0.6 is 0 Å². The van der Waals surface area contributed by atoms with Gasteiger partial charge in [0.05, 0.1) is 17.7 Å². The molecule has 5 nitrogen and oxygen atoms in total. The molecule has 1 fully saturated rings. The van der Waals surface area contributed by atoms with Gasteiger partial charge in [0.1, 0.15) is 0 Å². The number of benzene rings is 1. The molecular formula is C20H25N3O2. The molecule has 0 aliphatic carbocycles. The summed E-state index contributed by atoms with van der Waals surface area (Å²) in [6, 6.07) is 9.44. The molecule has 1 aliphatic rings. The van der Waals surface area contributed by atoms with Crippen LogP contribution in [0.4, 0.5) is 0 Å².